The monoisotopic (exact) mass is 383 g/mol. The highest BCUT2D eigenvalue weighted by molar-refractivity contribution is 9.10. The third-order valence-electron chi connectivity index (χ3n) is 3.73. The Labute approximate surface area is 141 Å². The van der Waals surface area contributed by atoms with Crippen molar-refractivity contribution in [2.75, 3.05) is 18.4 Å². The van der Waals surface area contributed by atoms with Gasteiger partial charge in [-0.25, -0.2) is 4.98 Å². The third-order valence-corrected chi connectivity index (χ3v) is 4.95. The van der Waals surface area contributed by atoms with E-state index < -0.39 is 0 Å². The highest BCUT2D eigenvalue weighted by Gasteiger charge is 2.18. The van der Waals surface area contributed by atoms with E-state index in [2.05, 4.69) is 38.1 Å². The summed E-state index contributed by atoms with van der Waals surface area (Å²) in [6.45, 7) is 5.41. The van der Waals surface area contributed by atoms with Gasteiger partial charge in [0.15, 0.2) is 9.80 Å². The van der Waals surface area contributed by atoms with Crippen molar-refractivity contribution in [2.24, 2.45) is 5.92 Å². The summed E-state index contributed by atoms with van der Waals surface area (Å²) in [6, 6.07) is 1.64. The Morgan fingerprint density at radius 3 is 3.23 bits per heavy atom. The second-order valence-electron chi connectivity index (χ2n) is 5.72. The van der Waals surface area contributed by atoms with Crippen LogP contribution in [0.15, 0.2) is 26.8 Å². The zero-order chi connectivity index (χ0) is 15.5. The molecule has 1 fully saturated rings. The van der Waals surface area contributed by atoms with E-state index in [9.17, 15) is 4.79 Å². The zero-order valence-corrected chi connectivity index (χ0v) is 14.7. The molecule has 0 spiro atoms. The predicted octanol–water partition coefficient (Wildman–Crippen LogP) is 3.98. The largest absolute Gasteiger partial charge is 0.457 e. The lowest BCUT2D eigenvalue weighted by atomic mass is 10.0. The molecule has 0 bridgehead atoms. The number of piperidine rings is 1. The Morgan fingerprint density at radius 2 is 2.50 bits per heavy atom. The van der Waals surface area contributed by atoms with Crippen LogP contribution in [0.1, 0.15) is 35.8 Å². The second kappa shape index (κ2) is 6.93. The fraction of sp³-hybridized carbons (Fsp3) is 0.467. The maximum Gasteiger partial charge on any atom is 0.260 e. The van der Waals surface area contributed by atoms with E-state index in [1.807, 2.05) is 5.38 Å². The van der Waals surface area contributed by atoms with Gasteiger partial charge in [0.1, 0.15) is 6.26 Å². The average Bonchev–Trinajstić information content (AvgIpc) is 3.08. The Hall–Kier alpha value is -1.18. The number of nitrogens with one attached hydrogen (secondary N) is 1. The quantitative estimate of drug-likeness (QED) is 0.866. The van der Waals surface area contributed by atoms with E-state index in [1.54, 1.807) is 6.07 Å². The summed E-state index contributed by atoms with van der Waals surface area (Å²) in [5.74, 6) is 0.549. The van der Waals surface area contributed by atoms with Gasteiger partial charge in [0.25, 0.3) is 5.91 Å². The van der Waals surface area contributed by atoms with E-state index in [0.29, 0.717) is 15.4 Å². The zero-order valence-electron chi connectivity index (χ0n) is 12.3. The molecular formula is C15H18BrN3O2S. The molecule has 0 aromatic carbocycles. The van der Waals surface area contributed by atoms with Gasteiger partial charge in [-0.15, -0.1) is 11.3 Å². The van der Waals surface area contributed by atoms with Crippen molar-refractivity contribution in [3.8, 4) is 0 Å². The van der Waals surface area contributed by atoms with Crippen molar-refractivity contribution in [1.29, 1.82) is 0 Å². The number of amides is 1. The maximum absolute atomic E-state index is 12.0. The van der Waals surface area contributed by atoms with Crippen molar-refractivity contribution in [1.82, 2.24) is 9.88 Å². The summed E-state index contributed by atoms with van der Waals surface area (Å²) >= 11 is 4.64. The Balaban J connectivity index is 1.58. The molecular weight excluding hydrogens is 366 g/mol. The van der Waals surface area contributed by atoms with Gasteiger partial charge in [-0.2, -0.15) is 0 Å². The fourth-order valence-electron chi connectivity index (χ4n) is 2.69. The first-order valence-electron chi connectivity index (χ1n) is 7.32. The van der Waals surface area contributed by atoms with Gasteiger partial charge < -0.3 is 4.42 Å². The SMILES string of the molecule is C[C@@H]1CCCN(Cc2csc(NC(=O)c3coc(Br)c3)n2)C1. The molecule has 2 aromatic rings. The highest BCUT2D eigenvalue weighted by Crippen LogP contribution is 2.22. The van der Waals surface area contributed by atoms with E-state index in [1.165, 1.54) is 30.4 Å². The molecule has 118 valence electrons. The smallest absolute Gasteiger partial charge is 0.260 e. The second-order valence-corrected chi connectivity index (χ2v) is 7.36. The third kappa shape index (κ3) is 3.97. The molecule has 1 amide bonds. The molecule has 0 unspecified atom stereocenters. The first-order chi connectivity index (χ1) is 10.6. The number of carbonyl (C=O) groups excluding carboxylic acids is 1. The molecule has 1 saturated heterocycles. The van der Waals surface area contributed by atoms with Gasteiger partial charge in [0.05, 0.1) is 11.3 Å². The van der Waals surface area contributed by atoms with E-state index in [-0.39, 0.29) is 5.91 Å². The van der Waals surface area contributed by atoms with E-state index in [4.69, 9.17) is 4.42 Å². The molecule has 0 saturated carbocycles. The normalized spacial score (nSPS) is 19.3. The number of aromatic nitrogens is 1. The average molecular weight is 384 g/mol. The van der Waals surface area contributed by atoms with Crippen molar-refractivity contribution in [2.45, 2.75) is 26.3 Å². The van der Waals surface area contributed by atoms with Crippen LogP contribution in [0.2, 0.25) is 0 Å². The lowest BCUT2D eigenvalue weighted by Crippen LogP contribution is -2.33. The van der Waals surface area contributed by atoms with Gasteiger partial charge in [-0.3, -0.25) is 15.0 Å². The lowest BCUT2D eigenvalue weighted by molar-refractivity contribution is 0.102. The molecule has 3 heterocycles. The number of carbonyl (C=O) groups is 1. The summed E-state index contributed by atoms with van der Waals surface area (Å²) in [5, 5.41) is 5.45. The minimum absolute atomic E-state index is 0.207. The van der Waals surface area contributed by atoms with Gasteiger partial charge in [-0.05, 0) is 41.2 Å². The summed E-state index contributed by atoms with van der Waals surface area (Å²) in [7, 11) is 0. The van der Waals surface area contributed by atoms with Crippen LogP contribution < -0.4 is 5.32 Å². The number of rotatable bonds is 4. The van der Waals surface area contributed by atoms with Crippen LogP contribution in [-0.2, 0) is 6.54 Å². The molecule has 0 aliphatic carbocycles. The molecule has 5 nitrogen and oxygen atoms in total. The van der Waals surface area contributed by atoms with Crippen LogP contribution in [0, 0.1) is 5.92 Å². The van der Waals surface area contributed by atoms with Crippen molar-refractivity contribution >= 4 is 38.3 Å². The summed E-state index contributed by atoms with van der Waals surface area (Å²) < 4.78 is 5.61. The number of furan rings is 1. The van der Waals surface area contributed by atoms with Crippen LogP contribution in [0.4, 0.5) is 5.13 Å². The van der Waals surface area contributed by atoms with Crippen LogP contribution in [0.5, 0.6) is 0 Å². The first kappa shape index (κ1) is 15.7. The van der Waals surface area contributed by atoms with Gasteiger partial charge in [-0.1, -0.05) is 6.92 Å². The molecule has 1 atom stereocenters. The fourth-order valence-corrected chi connectivity index (χ4v) is 3.73. The Bertz CT molecular complexity index is 655. The lowest BCUT2D eigenvalue weighted by Gasteiger charge is -2.30. The predicted molar refractivity (Wildman–Crippen MR) is 90.2 cm³/mol. The van der Waals surface area contributed by atoms with Crippen LogP contribution in [-0.4, -0.2) is 28.9 Å². The Morgan fingerprint density at radius 1 is 1.64 bits per heavy atom. The van der Waals surface area contributed by atoms with Crippen LogP contribution >= 0.6 is 27.3 Å². The summed E-state index contributed by atoms with van der Waals surface area (Å²) in [6.07, 6.45) is 3.99. The molecule has 1 N–H and O–H groups in total. The number of likely N-dealkylation sites (tertiary alicyclic amines) is 1. The van der Waals surface area contributed by atoms with Gasteiger partial charge in [0, 0.05) is 24.5 Å². The van der Waals surface area contributed by atoms with Gasteiger partial charge >= 0.3 is 0 Å². The van der Waals surface area contributed by atoms with Crippen LogP contribution in [0.3, 0.4) is 0 Å². The topological polar surface area (TPSA) is 58.4 Å². The molecule has 3 rings (SSSR count). The molecule has 1 aliphatic heterocycles. The number of anilines is 1. The van der Waals surface area contributed by atoms with E-state index in [0.717, 1.165) is 31.2 Å². The van der Waals surface area contributed by atoms with Crippen LogP contribution in [0.25, 0.3) is 0 Å². The molecule has 7 heteroatoms. The molecule has 2 aromatic heterocycles. The van der Waals surface area contributed by atoms with Crippen molar-refractivity contribution < 1.29 is 9.21 Å². The van der Waals surface area contributed by atoms with Crippen molar-refractivity contribution in [3.05, 3.63) is 33.6 Å². The number of thiazole rings is 1. The minimum Gasteiger partial charge on any atom is -0.457 e. The molecule has 1 aliphatic rings. The number of hydrogen-bond acceptors (Lipinski definition) is 5. The number of nitrogens with zero attached hydrogens (tertiary/aromatic N) is 2. The summed E-state index contributed by atoms with van der Waals surface area (Å²) in [4.78, 5) is 19.0. The maximum atomic E-state index is 12.0. The standard InChI is InChI=1S/C15H18BrN3O2S/c1-10-3-2-4-19(6-10)7-12-9-22-15(17-12)18-14(20)11-5-13(16)21-8-11/h5,8-10H,2-4,6-7H2,1H3,(H,17,18,20)/t10-/m1/s1. The van der Waals surface area contributed by atoms with E-state index >= 15 is 0 Å². The molecule has 22 heavy (non-hydrogen) atoms. The van der Waals surface area contributed by atoms with Gasteiger partial charge in [0.2, 0.25) is 0 Å². The Kier molecular flexibility index (Phi) is 4.95. The first-order valence-corrected chi connectivity index (χ1v) is 8.99. The number of halogens is 1. The molecule has 0 radical (unpaired) electrons. The highest BCUT2D eigenvalue weighted by atomic mass is 79.9. The van der Waals surface area contributed by atoms with Crippen molar-refractivity contribution in [3.63, 3.8) is 0 Å². The summed E-state index contributed by atoms with van der Waals surface area (Å²) in [5.41, 5.74) is 1.50. The number of hydrogen-bond donors (Lipinski definition) is 1. The minimum atomic E-state index is -0.207.